The molecule has 0 aliphatic carbocycles. The van der Waals surface area contributed by atoms with Crippen LogP contribution >= 0.6 is 0 Å². The molecule has 0 bridgehead atoms. The predicted octanol–water partition coefficient (Wildman–Crippen LogP) is 4.06. The van der Waals surface area contributed by atoms with Crippen molar-refractivity contribution in [1.29, 1.82) is 0 Å². The lowest BCUT2D eigenvalue weighted by Crippen LogP contribution is -2.25. The molecule has 2 heteroatoms. The first-order valence-corrected chi connectivity index (χ1v) is 7.48. The summed E-state index contributed by atoms with van der Waals surface area (Å²) in [5.74, 6) is 0.825. The smallest absolute Gasteiger partial charge is 0.0361 e. The van der Waals surface area contributed by atoms with E-state index in [1.807, 2.05) is 0 Å². The fourth-order valence-corrected chi connectivity index (χ4v) is 2.14. The van der Waals surface area contributed by atoms with Crippen LogP contribution in [0.15, 0.2) is 24.3 Å². The van der Waals surface area contributed by atoms with Crippen LogP contribution < -0.4 is 10.2 Å². The van der Waals surface area contributed by atoms with Crippen molar-refractivity contribution in [2.75, 3.05) is 19.0 Å². The molecule has 0 fully saturated rings. The van der Waals surface area contributed by atoms with Gasteiger partial charge in [-0.05, 0) is 37.0 Å². The summed E-state index contributed by atoms with van der Waals surface area (Å²) in [7, 11) is 4.15. The van der Waals surface area contributed by atoms with Crippen LogP contribution in [0.1, 0.15) is 45.6 Å². The Hall–Kier alpha value is -1.02. The van der Waals surface area contributed by atoms with Crippen molar-refractivity contribution in [3.05, 3.63) is 29.8 Å². The van der Waals surface area contributed by atoms with Crippen LogP contribution in [0.2, 0.25) is 0 Å². The maximum Gasteiger partial charge on any atom is 0.0361 e. The molecule has 0 saturated carbocycles. The molecule has 0 amide bonds. The van der Waals surface area contributed by atoms with Crippen molar-refractivity contribution in [2.24, 2.45) is 5.92 Å². The van der Waals surface area contributed by atoms with E-state index >= 15 is 0 Å². The van der Waals surface area contributed by atoms with Gasteiger partial charge in [0.1, 0.15) is 0 Å². The van der Waals surface area contributed by atoms with E-state index in [1.54, 1.807) is 0 Å². The molecule has 1 rings (SSSR count). The quantitative estimate of drug-likeness (QED) is 0.760. The second kappa shape index (κ2) is 8.21. The topological polar surface area (TPSA) is 15.3 Å². The first kappa shape index (κ1) is 16.0. The van der Waals surface area contributed by atoms with Crippen molar-refractivity contribution < 1.29 is 0 Å². The lowest BCUT2D eigenvalue weighted by atomic mass is 10.0. The zero-order chi connectivity index (χ0) is 14.3. The zero-order valence-corrected chi connectivity index (χ0v) is 13.2. The molecule has 19 heavy (non-hydrogen) atoms. The lowest BCUT2D eigenvalue weighted by Gasteiger charge is -2.16. The molecule has 1 aromatic carbocycles. The second-order valence-electron chi connectivity index (χ2n) is 6.17. The molecule has 108 valence electrons. The molecule has 1 unspecified atom stereocenters. The SMILES string of the molecule is CC(C)CCCC(C)NCc1ccc(N(C)C)cc1. The minimum atomic E-state index is 0.604. The Labute approximate surface area is 119 Å². The van der Waals surface area contributed by atoms with Crippen LogP contribution in [0.5, 0.6) is 0 Å². The van der Waals surface area contributed by atoms with Gasteiger partial charge in [0, 0.05) is 32.4 Å². The van der Waals surface area contributed by atoms with Gasteiger partial charge in [-0.2, -0.15) is 0 Å². The fourth-order valence-electron chi connectivity index (χ4n) is 2.14. The largest absolute Gasteiger partial charge is 0.378 e. The van der Waals surface area contributed by atoms with Gasteiger partial charge in [-0.3, -0.25) is 0 Å². The van der Waals surface area contributed by atoms with Gasteiger partial charge < -0.3 is 10.2 Å². The monoisotopic (exact) mass is 262 g/mol. The average Bonchev–Trinajstić information content (AvgIpc) is 2.36. The Morgan fingerprint density at radius 2 is 1.63 bits per heavy atom. The minimum absolute atomic E-state index is 0.604. The normalized spacial score (nSPS) is 12.7. The van der Waals surface area contributed by atoms with Crippen molar-refractivity contribution in [1.82, 2.24) is 5.32 Å². The summed E-state index contributed by atoms with van der Waals surface area (Å²) in [5, 5.41) is 3.61. The van der Waals surface area contributed by atoms with E-state index in [2.05, 4.69) is 69.3 Å². The highest BCUT2D eigenvalue weighted by Gasteiger charge is 2.03. The van der Waals surface area contributed by atoms with Crippen LogP contribution in [-0.4, -0.2) is 20.1 Å². The van der Waals surface area contributed by atoms with Gasteiger partial charge in [0.15, 0.2) is 0 Å². The van der Waals surface area contributed by atoms with Gasteiger partial charge >= 0.3 is 0 Å². The zero-order valence-electron chi connectivity index (χ0n) is 13.2. The van der Waals surface area contributed by atoms with Crippen LogP contribution in [0, 0.1) is 5.92 Å². The highest BCUT2D eigenvalue weighted by Crippen LogP contribution is 2.13. The van der Waals surface area contributed by atoms with Crippen LogP contribution in [0.4, 0.5) is 5.69 Å². The molecule has 0 aliphatic heterocycles. The molecule has 0 aliphatic rings. The third-order valence-corrected chi connectivity index (χ3v) is 3.53. The van der Waals surface area contributed by atoms with Crippen molar-refractivity contribution in [3.8, 4) is 0 Å². The summed E-state index contributed by atoms with van der Waals surface area (Å²) in [5.41, 5.74) is 2.62. The van der Waals surface area contributed by atoms with E-state index in [9.17, 15) is 0 Å². The van der Waals surface area contributed by atoms with E-state index in [1.165, 1.54) is 30.5 Å². The van der Waals surface area contributed by atoms with E-state index in [4.69, 9.17) is 0 Å². The van der Waals surface area contributed by atoms with Crippen molar-refractivity contribution in [2.45, 2.75) is 52.6 Å². The van der Waals surface area contributed by atoms with Gasteiger partial charge in [-0.25, -0.2) is 0 Å². The Balaban J connectivity index is 2.27. The number of nitrogens with zero attached hydrogens (tertiary/aromatic N) is 1. The molecule has 0 heterocycles. The highest BCUT2D eigenvalue weighted by atomic mass is 15.1. The molecule has 0 aromatic heterocycles. The van der Waals surface area contributed by atoms with Gasteiger partial charge in [0.05, 0.1) is 0 Å². The molecule has 2 nitrogen and oxygen atoms in total. The van der Waals surface area contributed by atoms with E-state index in [0.717, 1.165) is 12.5 Å². The molecule has 0 saturated heterocycles. The van der Waals surface area contributed by atoms with E-state index in [0.29, 0.717) is 6.04 Å². The summed E-state index contributed by atoms with van der Waals surface area (Å²) in [6.07, 6.45) is 3.93. The number of rotatable bonds is 8. The van der Waals surface area contributed by atoms with Crippen LogP contribution in [0.25, 0.3) is 0 Å². The number of hydrogen-bond donors (Lipinski definition) is 1. The first-order valence-electron chi connectivity index (χ1n) is 7.48. The van der Waals surface area contributed by atoms with Gasteiger partial charge in [0.2, 0.25) is 0 Å². The Kier molecular flexibility index (Phi) is 6.93. The number of benzene rings is 1. The summed E-state index contributed by atoms with van der Waals surface area (Å²) in [6.45, 7) is 7.85. The van der Waals surface area contributed by atoms with Gasteiger partial charge in [-0.1, -0.05) is 38.8 Å². The number of nitrogens with one attached hydrogen (secondary N) is 1. The Morgan fingerprint density at radius 1 is 1.00 bits per heavy atom. The third-order valence-electron chi connectivity index (χ3n) is 3.53. The first-order chi connectivity index (χ1) is 8.99. The molecule has 1 N–H and O–H groups in total. The summed E-state index contributed by atoms with van der Waals surface area (Å²) < 4.78 is 0. The van der Waals surface area contributed by atoms with E-state index < -0.39 is 0 Å². The Bertz CT molecular complexity index is 341. The molecule has 1 aromatic rings. The maximum atomic E-state index is 3.61. The van der Waals surface area contributed by atoms with Crippen LogP contribution in [-0.2, 0) is 6.54 Å². The minimum Gasteiger partial charge on any atom is -0.378 e. The summed E-state index contributed by atoms with van der Waals surface area (Å²) >= 11 is 0. The lowest BCUT2D eigenvalue weighted by molar-refractivity contribution is 0.457. The van der Waals surface area contributed by atoms with Crippen molar-refractivity contribution >= 4 is 5.69 Å². The average molecular weight is 262 g/mol. The molecular formula is C17H30N2. The second-order valence-corrected chi connectivity index (χ2v) is 6.17. The Morgan fingerprint density at radius 3 is 2.16 bits per heavy atom. The van der Waals surface area contributed by atoms with Crippen LogP contribution in [0.3, 0.4) is 0 Å². The third kappa shape index (κ3) is 6.63. The number of anilines is 1. The van der Waals surface area contributed by atoms with E-state index in [-0.39, 0.29) is 0 Å². The summed E-state index contributed by atoms with van der Waals surface area (Å²) in [4.78, 5) is 2.13. The van der Waals surface area contributed by atoms with Crippen molar-refractivity contribution in [3.63, 3.8) is 0 Å². The predicted molar refractivity (Wildman–Crippen MR) is 85.8 cm³/mol. The molecule has 1 atom stereocenters. The van der Waals surface area contributed by atoms with Gasteiger partial charge in [-0.15, -0.1) is 0 Å². The summed E-state index contributed by atoms with van der Waals surface area (Å²) in [6, 6.07) is 9.39. The molecular weight excluding hydrogens is 232 g/mol. The molecule has 0 radical (unpaired) electrons. The van der Waals surface area contributed by atoms with Gasteiger partial charge in [0.25, 0.3) is 0 Å². The highest BCUT2D eigenvalue weighted by molar-refractivity contribution is 5.45. The number of hydrogen-bond acceptors (Lipinski definition) is 2. The fraction of sp³-hybridized carbons (Fsp3) is 0.647. The standard InChI is InChI=1S/C17H30N2/c1-14(2)7-6-8-15(3)18-13-16-9-11-17(12-10-16)19(4)5/h9-12,14-15,18H,6-8,13H2,1-5H3. The maximum absolute atomic E-state index is 3.61. The molecule has 0 spiro atoms.